The number of morpholine rings is 1. The Morgan fingerprint density at radius 1 is 1.27 bits per heavy atom. The van der Waals surface area contributed by atoms with Crippen LogP contribution >= 0.6 is 12.4 Å². The highest BCUT2D eigenvalue weighted by atomic mass is 35.5. The van der Waals surface area contributed by atoms with Crippen LogP contribution in [0.2, 0.25) is 0 Å². The molecule has 1 amide bonds. The predicted octanol–water partition coefficient (Wildman–Crippen LogP) is 2.20. The summed E-state index contributed by atoms with van der Waals surface area (Å²) in [6, 6.07) is 9.76. The molecule has 1 spiro atoms. The number of benzene rings is 1. The third-order valence-electron chi connectivity index (χ3n) is 4.27. The minimum absolute atomic E-state index is 0. The van der Waals surface area contributed by atoms with E-state index in [2.05, 4.69) is 5.32 Å². The van der Waals surface area contributed by atoms with E-state index in [0.29, 0.717) is 19.7 Å². The van der Waals surface area contributed by atoms with E-state index < -0.39 is 0 Å². The molecule has 1 aromatic carbocycles. The Morgan fingerprint density at radius 2 is 2.00 bits per heavy atom. The molecule has 2 aliphatic rings. The fourth-order valence-corrected chi connectivity index (χ4v) is 2.94. The lowest BCUT2D eigenvalue weighted by atomic mass is 9.90. The molecule has 0 radical (unpaired) electrons. The van der Waals surface area contributed by atoms with Gasteiger partial charge in [0.25, 0.3) is 0 Å². The molecule has 0 atom stereocenters. The molecular weight excluding hydrogens is 304 g/mol. The number of nitrogens with one attached hydrogen (secondary N) is 1. The molecule has 0 unspecified atom stereocenters. The standard InChI is InChI=1S/C16H22N2O3.ClH/c19-15(20-12-14-4-2-1-3-5-14)18-9-6-16(7-10-18)13-17-8-11-21-16;/h1-5,17H,6-13H2;1H. The van der Waals surface area contributed by atoms with Crippen molar-refractivity contribution >= 4 is 18.5 Å². The third kappa shape index (κ3) is 4.12. The first-order valence-corrected chi connectivity index (χ1v) is 7.58. The lowest BCUT2D eigenvalue weighted by Gasteiger charge is -2.43. The average Bonchev–Trinajstić information content (AvgIpc) is 2.55. The number of carbonyl (C=O) groups excluding carboxylic acids is 1. The number of rotatable bonds is 2. The van der Waals surface area contributed by atoms with Gasteiger partial charge in [0.2, 0.25) is 0 Å². The van der Waals surface area contributed by atoms with Gasteiger partial charge in [-0.3, -0.25) is 0 Å². The maximum absolute atomic E-state index is 12.1. The summed E-state index contributed by atoms with van der Waals surface area (Å²) in [6.07, 6.45) is 1.53. The lowest BCUT2D eigenvalue weighted by molar-refractivity contribution is -0.0973. The highest BCUT2D eigenvalue weighted by Crippen LogP contribution is 2.27. The van der Waals surface area contributed by atoms with E-state index in [1.807, 2.05) is 30.3 Å². The van der Waals surface area contributed by atoms with Gasteiger partial charge in [0, 0.05) is 26.2 Å². The summed E-state index contributed by atoms with van der Waals surface area (Å²) in [6.45, 7) is 4.31. The van der Waals surface area contributed by atoms with Crippen molar-refractivity contribution in [3.63, 3.8) is 0 Å². The number of ether oxygens (including phenoxy) is 2. The van der Waals surface area contributed by atoms with Crippen LogP contribution in [0.5, 0.6) is 0 Å². The van der Waals surface area contributed by atoms with Gasteiger partial charge in [0.05, 0.1) is 12.2 Å². The molecule has 2 heterocycles. The molecule has 1 N–H and O–H groups in total. The van der Waals surface area contributed by atoms with Crippen molar-refractivity contribution in [2.75, 3.05) is 32.8 Å². The van der Waals surface area contributed by atoms with Crippen LogP contribution in [0.15, 0.2) is 30.3 Å². The van der Waals surface area contributed by atoms with Crippen LogP contribution in [-0.4, -0.2) is 49.4 Å². The summed E-state index contributed by atoms with van der Waals surface area (Å²) < 4.78 is 11.3. The lowest BCUT2D eigenvalue weighted by Crippen LogP contribution is -2.56. The van der Waals surface area contributed by atoms with Crippen molar-refractivity contribution in [1.29, 1.82) is 0 Å². The van der Waals surface area contributed by atoms with Crippen molar-refractivity contribution in [3.8, 4) is 0 Å². The van der Waals surface area contributed by atoms with Crippen LogP contribution in [-0.2, 0) is 16.1 Å². The van der Waals surface area contributed by atoms with E-state index >= 15 is 0 Å². The quantitative estimate of drug-likeness (QED) is 0.905. The van der Waals surface area contributed by atoms with Gasteiger partial charge in [0.15, 0.2) is 0 Å². The van der Waals surface area contributed by atoms with E-state index in [1.54, 1.807) is 4.90 Å². The van der Waals surface area contributed by atoms with Crippen molar-refractivity contribution in [2.45, 2.75) is 25.0 Å². The molecule has 6 heteroatoms. The molecule has 2 aliphatic heterocycles. The van der Waals surface area contributed by atoms with Gasteiger partial charge in [-0.05, 0) is 18.4 Å². The predicted molar refractivity (Wildman–Crippen MR) is 86.2 cm³/mol. The van der Waals surface area contributed by atoms with Crippen LogP contribution in [0.3, 0.4) is 0 Å². The number of piperidine rings is 1. The van der Waals surface area contributed by atoms with E-state index in [-0.39, 0.29) is 24.1 Å². The van der Waals surface area contributed by atoms with Gasteiger partial charge >= 0.3 is 6.09 Å². The summed E-state index contributed by atoms with van der Waals surface area (Å²) in [4.78, 5) is 13.9. The van der Waals surface area contributed by atoms with E-state index in [0.717, 1.165) is 38.1 Å². The maximum Gasteiger partial charge on any atom is 0.410 e. The number of likely N-dealkylation sites (tertiary alicyclic amines) is 1. The molecule has 5 nitrogen and oxygen atoms in total. The first-order valence-electron chi connectivity index (χ1n) is 7.58. The number of amides is 1. The molecule has 0 bridgehead atoms. The molecule has 122 valence electrons. The molecule has 0 aliphatic carbocycles. The average molecular weight is 327 g/mol. The topological polar surface area (TPSA) is 50.8 Å². The van der Waals surface area contributed by atoms with Crippen LogP contribution in [0, 0.1) is 0 Å². The molecule has 22 heavy (non-hydrogen) atoms. The first kappa shape index (κ1) is 17.1. The van der Waals surface area contributed by atoms with Crippen LogP contribution in [0.1, 0.15) is 18.4 Å². The van der Waals surface area contributed by atoms with Crippen molar-refractivity contribution in [3.05, 3.63) is 35.9 Å². The normalized spacial score (nSPS) is 20.3. The Morgan fingerprint density at radius 3 is 2.64 bits per heavy atom. The minimum Gasteiger partial charge on any atom is -0.445 e. The van der Waals surface area contributed by atoms with E-state index in [9.17, 15) is 4.79 Å². The second kappa shape index (κ2) is 7.81. The number of halogens is 1. The van der Waals surface area contributed by atoms with Gasteiger partial charge < -0.3 is 19.7 Å². The molecule has 2 saturated heterocycles. The zero-order valence-corrected chi connectivity index (χ0v) is 13.4. The summed E-state index contributed by atoms with van der Waals surface area (Å²) >= 11 is 0. The smallest absolute Gasteiger partial charge is 0.410 e. The SMILES string of the molecule is Cl.O=C(OCc1ccccc1)N1CCC2(CC1)CNCCO2. The van der Waals surface area contributed by atoms with Crippen molar-refractivity contribution < 1.29 is 14.3 Å². The van der Waals surface area contributed by atoms with Gasteiger partial charge in [-0.1, -0.05) is 30.3 Å². The molecule has 1 aromatic rings. The number of hydrogen-bond acceptors (Lipinski definition) is 4. The van der Waals surface area contributed by atoms with Crippen molar-refractivity contribution in [1.82, 2.24) is 10.2 Å². The summed E-state index contributed by atoms with van der Waals surface area (Å²) in [7, 11) is 0. The Kier molecular flexibility index (Phi) is 6.06. The van der Waals surface area contributed by atoms with Gasteiger partial charge in [-0.15, -0.1) is 12.4 Å². The maximum atomic E-state index is 12.1. The molecule has 0 saturated carbocycles. The fraction of sp³-hybridized carbons (Fsp3) is 0.562. The zero-order valence-electron chi connectivity index (χ0n) is 12.6. The van der Waals surface area contributed by atoms with E-state index in [1.165, 1.54) is 0 Å². The Bertz CT molecular complexity index is 468. The largest absolute Gasteiger partial charge is 0.445 e. The van der Waals surface area contributed by atoms with Crippen LogP contribution < -0.4 is 5.32 Å². The summed E-state index contributed by atoms with van der Waals surface area (Å²) in [5.74, 6) is 0. The first-order chi connectivity index (χ1) is 10.3. The monoisotopic (exact) mass is 326 g/mol. The highest BCUT2D eigenvalue weighted by molar-refractivity contribution is 5.85. The van der Waals surface area contributed by atoms with Gasteiger partial charge in [0.1, 0.15) is 6.61 Å². The Balaban J connectivity index is 0.00000176. The highest BCUT2D eigenvalue weighted by Gasteiger charge is 2.38. The van der Waals surface area contributed by atoms with Crippen molar-refractivity contribution in [2.24, 2.45) is 0 Å². The van der Waals surface area contributed by atoms with Gasteiger partial charge in [-0.25, -0.2) is 4.79 Å². The second-order valence-corrected chi connectivity index (χ2v) is 5.74. The molecule has 2 fully saturated rings. The van der Waals surface area contributed by atoms with Crippen LogP contribution in [0.4, 0.5) is 4.79 Å². The zero-order chi connectivity index (χ0) is 14.5. The summed E-state index contributed by atoms with van der Waals surface area (Å²) in [5.41, 5.74) is 0.938. The van der Waals surface area contributed by atoms with Crippen LogP contribution in [0.25, 0.3) is 0 Å². The minimum atomic E-state index is -0.225. The molecule has 3 rings (SSSR count). The van der Waals surface area contributed by atoms with E-state index in [4.69, 9.17) is 9.47 Å². The fourth-order valence-electron chi connectivity index (χ4n) is 2.94. The Hall–Kier alpha value is -1.30. The van der Waals surface area contributed by atoms with Gasteiger partial charge in [-0.2, -0.15) is 0 Å². The summed E-state index contributed by atoms with van der Waals surface area (Å²) in [5, 5.41) is 3.38. The third-order valence-corrected chi connectivity index (χ3v) is 4.27. The number of carbonyl (C=O) groups is 1. The number of nitrogens with zero attached hydrogens (tertiary/aromatic N) is 1. The number of hydrogen-bond donors (Lipinski definition) is 1. The molecular formula is C16H23ClN2O3. The second-order valence-electron chi connectivity index (χ2n) is 5.74. The Labute approximate surface area is 137 Å². The molecule has 0 aromatic heterocycles.